The van der Waals surface area contributed by atoms with Crippen LogP contribution in [0.2, 0.25) is 0 Å². The van der Waals surface area contributed by atoms with Gasteiger partial charge in [0, 0.05) is 19.1 Å². The van der Waals surface area contributed by atoms with Crippen molar-refractivity contribution in [2.75, 3.05) is 31.1 Å². The first-order chi connectivity index (χ1) is 8.98. The molecule has 19 heavy (non-hydrogen) atoms. The molecule has 0 bridgehead atoms. The summed E-state index contributed by atoms with van der Waals surface area (Å²) >= 11 is 0. The van der Waals surface area contributed by atoms with Crippen LogP contribution in [0, 0.1) is 5.92 Å². The van der Waals surface area contributed by atoms with E-state index in [1.165, 1.54) is 19.3 Å². The topological polar surface area (TPSA) is 66.5 Å². The molecule has 2 heterocycles. The lowest BCUT2D eigenvalue weighted by Gasteiger charge is -2.33. The van der Waals surface area contributed by atoms with Crippen LogP contribution in [0.1, 0.15) is 32.6 Å². The first-order valence-corrected chi connectivity index (χ1v) is 9.02. The Morgan fingerprint density at radius 3 is 2.74 bits per heavy atom. The van der Waals surface area contributed by atoms with Gasteiger partial charge in [-0.25, -0.2) is 8.42 Å². The van der Waals surface area contributed by atoms with Crippen molar-refractivity contribution in [1.29, 1.82) is 0 Å². The average molecular weight is 288 g/mol. The van der Waals surface area contributed by atoms with Crippen molar-refractivity contribution < 1.29 is 13.2 Å². The molecule has 2 atom stereocenters. The van der Waals surface area contributed by atoms with Gasteiger partial charge in [-0.3, -0.25) is 9.69 Å². The van der Waals surface area contributed by atoms with Crippen LogP contribution in [-0.4, -0.2) is 56.4 Å². The maximum atomic E-state index is 11.9. The number of nitrogens with zero attached hydrogens (tertiary/aromatic N) is 1. The summed E-state index contributed by atoms with van der Waals surface area (Å²) in [7, 11) is -2.97. The molecule has 2 aliphatic heterocycles. The van der Waals surface area contributed by atoms with E-state index < -0.39 is 9.84 Å². The summed E-state index contributed by atoms with van der Waals surface area (Å²) in [6, 6.07) is 0.595. The Morgan fingerprint density at radius 2 is 2.11 bits per heavy atom. The van der Waals surface area contributed by atoms with Crippen LogP contribution in [0.3, 0.4) is 0 Å². The lowest BCUT2D eigenvalue weighted by atomic mass is 10.0. The number of carbonyl (C=O) groups is 1. The summed E-state index contributed by atoms with van der Waals surface area (Å²) < 4.78 is 22.6. The van der Waals surface area contributed by atoms with Gasteiger partial charge < -0.3 is 5.32 Å². The van der Waals surface area contributed by atoms with Gasteiger partial charge in [0.2, 0.25) is 5.91 Å². The number of rotatable bonds is 4. The lowest BCUT2D eigenvalue weighted by molar-refractivity contribution is -0.124. The van der Waals surface area contributed by atoms with E-state index in [0.29, 0.717) is 19.0 Å². The molecule has 0 aromatic carbocycles. The maximum Gasteiger partial charge on any atom is 0.224 e. The number of piperidine rings is 1. The fourth-order valence-electron chi connectivity index (χ4n) is 2.96. The fourth-order valence-corrected chi connectivity index (χ4v) is 4.70. The van der Waals surface area contributed by atoms with Gasteiger partial charge in [-0.1, -0.05) is 6.42 Å². The number of likely N-dealkylation sites (tertiary alicyclic amines) is 1. The SMILES string of the molecule is C[C@@H]1CCCCN1CCNC(=O)[C@@H]1CCS(=O)(=O)C1. The van der Waals surface area contributed by atoms with Crippen LogP contribution < -0.4 is 5.32 Å². The zero-order valence-electron chi connectivity index (χ0n) is 11.6. The quantitative estimate of drug-likeness (QED) is 0.814. The normalized spacial score (nSPS) is 31.2. The van der Waals surface area contributed by atoms with Crippen molar-refractivity contribution in [2.45, 2.75) is 38.6 Å². The Morgan fingerprint density at radius 1 is 1.32 bits per heavy atom. The minimum atomic E-state index is -2.97. The molecule has 2 saturated heterocycles. The highest BCUT2D eigenvalue weighted by molar-refractivity contribution is 7.91. The molecule has 0 unspecified atom stereocenters. The van der Waals surface area contributed by atoms with Gasteiger partial charge >= 0.3 is 0 Å². The molecule has 2 rings (SSSR count). The van der Waals surface area contributed by atoms with Crippen LogP contribution in [-0.2, 0) is 14.6 Å². The van der Waals surface area contributed by atoms with Crippen molar-refractivity contribution in [3.05, 3.63) is 0 Å². The van der Waals surface area contributed by atoms with Crippen LogP contribution in [0.15, 0.2) is 0 Å². The van der Waals surface area contributed by atoms with Gasteiger partial charge in [-0.05, 0) is 32.7 Å². The zero-order chi connectivity index (χ0) is 13.9. The van der Waals surface area contributed by atoms with Gasteiger partial charge in [0.1, 0.15) is 0 Å². The molecular weight excluding hydrogens is 264 g/mol. The second kappa shape index (κ2) is 6.22. The van der Waals surface area contributed by atoms with E-state index in [1.54, 1.807) is 0 Å². The van der Waals surface area contributed by atoms with Crippen molar-refractivity contribution >= 4 is 15.7 Å². The Bertz CT molecular complexity index is 422. The van der Waals surface area contributed by atoms with E-state index >= 15 is 0 Å². The zero-order valence-corrected chi connectivity index (χ0v) is 12.4. The molecule has 2 aliphatic rings. The number of hydrogen-bond donors (Lipinski definition) is 1. The van der Waals surface area contributed by atoms with Gasteiger partial charge in [-0.2, -0.15) is 0 Å². The average Bonchev–Trinajstić information content (AvgIpc) is 2.72. The predicted octanol–water partition coefficient (Wildman–Crippen LogP) is 0.412. The smallest absolute Gasteiger partial charge is 0.224 e. The predicted molar refractivity (Wildman–Crippen MR) is 74.7 cm³/mol. The third-order valence-electron chi connectivity index (χ3n) is 4.24. The standard InChI is InChI=1S/C13H24N2O3S/c1-11-4-2-3-7-15(11)8-6-14-13(16)12-5-9-19(17,18)10-12/h11-12H,2-10H2,1H3,(H,14,16)/t11-,12-/m1/s1. The van der Waals surface area contributed by atoms with E-state index in [2.05, 4.69) is 17.1 Å². The number of sulfone groups is 1. The second-order valence-corrected chi connectivity index (χ2v) is 8.00. The van der Waals surface area contributed by atoms with Crippen molar-refractivity contribution in [3.8, 4) is 0 Å². The summed E-state index contributed by atoms with van der Waals surface area (Å²) in [5.41, 5.74) is 0. The van der Waals surface area contributed by atoms with E-state index in [9.17, 15) is 13.2 Å². The molecule has 0 aromatic heterocycles. The minimum absolute atomic E-state index is 0.0267. The van der Waals surface area contributed by atoms with E-state index in [-0.39, 0.29) is 23.3 Å². The number of hydrogen-bond acceptors (Lipinski definition) is 4. The molecular formula is C13H24N2O3S. The Balaban J connectivity index is 1.69. The van der Waals surface area contributed by atoms with Gasteiger partial charge in [-0.15, -0.1) is 0 Å². The lowest BCUT2D eigenvalue weighted by Crippen LogP contribution is -2.43. The maximum absolute atomic E-state index is 11.9. The van der Waals surface area contributed by atoms with Gasteiger partial charge in [0.15, 0.2) is 9.84 Å². The summed E-state index contributed by atoms with van der Waals surface area (Å²) in [4.78, 5) is 14.3. The molecule has 110 valence electrons. The minimum Gasteiger partial charge on any atom is -0.355 e. The third kappa shape index (κ3) is 4.18. The molecule has 2 fully saturated rings. The van der Waals surface area contributed by atoms with Crippen molar-refractivity contribution in [1.82, 2.24) is 10.2 Å². The van der Waals surface area contributed by atoms with E-state index in [1.807, 2.05) is 0 Å². The van der Waals surface area contributed by atoms with Gasteiger partial charge in [0.05, 0.1) is 17.4 Å². The second-order valence-electron chi connectivity index (χ2n) is 5.77. The molecule has 0 radical (unpaired) electrons. The van der Waals surface area contributed by atoms with Crippen LogP contribution in [0.5, 0.6) is 0 Å². The highest BCUT2D eigenvalue weighted by Crippen LogP contribution is 2.18. The van der Waals surface area contributed by atoms with E-state index in [0.717, 1.165) is 13.1 Å². The Kier molecular flexibility index (Phi) is 4.84. The molecule has 5 nitrogen and oxygen atoms in total. The first kappa shape index (κ1) is 14.8. The molecule has 1 amide bonds. The largest absolute Gasteiger partial charge is 0.355 e. The van der Waals surface area contributed by atoms with Gasteiger partial charge in [0.25, 0.3) is 0 Å². The van der Waals surface area contributed by atoms with Crippen LogP contribution in [0.4, 0.5) is 0 Å². The molecule has 6 heteroatoms. The van der Waals surface area contributed by atoms with Crippen molar-refractivity contribution in [3.63, 3.8) is 0 Å². The first-order valence-electron chi connectivity index (χ1n) is 7.20. The Hall–Kier alpha value is -0.620. The molecule has 0 aliphatic carbocycles. The number of amides is 1. The van der Waals surface area contributed by atoms with Crippen molar-refractivity contribution in [2.24, 2.45) is 5.92 Å². The molecule has 0 spiro atoms. The summed E-state index contributed by atoms with van der Waals surface area (Å²) in [5.74, 6) is -0.234. The highest BCUT2D eigenvalue weighted by Gasteiger charge is 2.32. The van der Waals surface area contributed by atoms with E-state index in [4.69, 9.17) is 0 Å². The Labute approximate surface area is 115 Å². The number of nitrogens with one attached hydrogen (secondary N) is 1. The highest BCUT2D eigenvalue weighted by atomic mass is 32.2. The summed E-state index contributed by atoms with van der Waals surface area (Å²) in [6.07, 6.45) is 4.24. The number of carbonyl (C=O) groups excluding carboxylic acids is 1. The van der Waals surface area contributed by atoms with Crippen LogP contribution >= 0.6 is 0 Å². The summed E-state index contributed by atoms with van der Waals surface area (Å²) in [6.45, 7) is 4.82. The molecule has 0 aromatic rings. The monoisotopic (exact) mass is 288 g/mol. The summed E-state index contributed by atoms with van der Waals surface area (Å²) in [5, 5.41) is 2.89. The van der Waals surface area contributed by atoms with Crippen LogP contribution in [0.25, 0.3) is 0 Å². The molecule has 0 saturated carbocycles. The third-order valence-corrected chi connectivity index (χ3v) is 6.01. The fraction of sp³-hybridized carbons (Fsp3) is 0.923. The molecule has 1 N–H and O–H groups in total.